The fourth-order valence-electron chi connectivity index (χ4n) is 1.87. The molecular formula is C18H22O3. The van der Waals surface area contributed by atoms with Gasteiger partial charge in [-0.25, -0.2) is 0 Å². The van der Waals surface area contributed by atoms with Gasteiger partial charge in [0.1, 0.15) is 11.5 Å². The Balaban J connectivity index is 2.11. The van der Waals surface area contributed by atoms with Crippen molar-refractivity contribution >= 4 is 0 Å². The van der Waals surface area contributed by atoms with E-state index in [-0.39, 0.29) is 12.2 Å². The average molecular weight is 286 g/mol. The third-order valence-corrected chi connectivity index (χ3v) is 2.64. The molecule has 0 N–H and O–H groups in total. The molecule has 0 atom stereocenters. The Morgan fingerprint density at radius 2 is 1.14 bits per heavy atom. The van der Waals surface area contributed by atoms with Crippen molar-refractivity contribution in [2.24, 2.45) is 0 Å². The van der Waals surface area contributed by atoms with E-state index in [0.717, 1.165) is 17.2 Å². The summed E-state index contributed by atoms with van der Waals surface area (Å²) in [4.78, 5) is 0. The Labute approximate surface area is 126 Å². The van der Waals surface area contributed by atoms with Gasteiger partial charge in [0, 0.05) is 0 Å². The number of hydrogen-bond donors (Lipinski definition) is 0. The minimum absolute atomic E-state index is 0.108. The van der Waals surface area contributed by atoms with Gasteiger partial charge < -0.3 is 14.2 Å². The molecule has 112 valence electrons. The van der Waals surface area contributed by atoms with Gasteiger partial charge in [0.05, 0.1) is 12.2 Å². The Bertz CT molecular complexity index is 559. The first-order valence-electron chi connectivity index (χ1n) is 7.25. The van der Waals surface area contributed by atoms with Crippen molar-refractivity contribution < 1.29 is 14.2 Å². The summed E-state index contributed by atoms with van der Waals surface area (Å²) in [6.45, 7) is 8.00. The van der Waals surface area contributed by atoms with Gasteiger partial charge in [0.15, 0.2) is 11.5 Å². The van der Waals surface area contributed by atoms with Crippen LogP contribution < -0.4 is 14.2 Å². The van der Waals surface area contributed by atoms with Crippen molar-refractivity contribution in [3.8, 4) is 23.0 Å². The van der Waals surface area contributed by atoms with E-state index in [0.29, 0.717) is 5.75 Å². The fraction of sp³-hybridized carbons (Fsp3) is 0.333. The molecule has 2 aromatic carbocycles. The lowest BCUT2D eigenvalue weighted by atomic mass is 10.3. The third kappa shape index (κ3) is 4.71. The second-order valence-corrected chi connectivity index (χ2v) is 5.35. The Morgan fingerprint density at radius 1 is 0.619 bits per heavy atom. The zero-order valence-electron chi connectivity index (χ0n) is 13.0. The lowest BCUT2D eigenvalue weighted by Crippen LogP contribution is -2.06. The van der Waals surface area contributed by atoms with Crippen molar-refractivity contribution in [1.29, 1.82) is 0 Å². The maximum absolute atomic E-state index is 5.89. The minimum atomic E-state index is 0.108. The standard InChI is InChI=1S/C18H22O3/c1-13(2)19-15-9-11-16(12-10-15)21-18-8-6-5-7-17(18)20-14(3)4/h5-14H,1-4H3. The monoisotopic (exact) mass is 286 g/mol. The van der Waals surface area contributed by atoms with E-state index in [1.807, 2.05) is 76.2 Å². The second-order valence-electron chi connectivity index (χ2n) is 5.35. The number of para-hydroxylation sites is 2. The van der Waals surface area contributed by atoms with Crippen LogP contribution in [0.2, 0.25) is 0 Å². The van der Waals surface area contributed by atoms with Gasteiger partial charge >= 0.3 is 0 Å². The quantitative estimate of drug-likeness (QED) is 0.743. The lowest BCUT2D eigenvalue weighted by molar-refractivity contribution is 0.233. The van der Waals surface area contributed by atoms with Crippen molar-refractivity contribution in [3.63, 3.8) is 0 Å². The maximum Gasteiger partial charge on any atom is 0.169 e. The van der Waals surface area contributed by atoms with Crippen molar-refractivity contribution in [3.05, 3.63) is 48.5 Å². The highest BCUT2D eigenvalue weighted by Crippen LogP contribution is 2.32. The van der Waals surface area contributed by atoms with Crippen LogP contribution in [-0.2, 0) is 0 Å². The summed E-state index contributed by atoms with van der Waals surface area (Å²) >= 11 is 0. The second kappa shape index (κ2) is 7.02. The van der Waals surface area contributed by atoms with E-state index in [4.69, 9.17) is 14.2 Å². The van der Waals surface area contributed by atoms with Gasteiger partial charge in [0.25, 0.3) is 0 Å². The van der Waals surface area contributed by atoms with E-state index in [2.05, 4.69) is 0 Å². The van der Waals surface area contributed by atoms with Crippen LogP contribution in [0.15, 0.2) is 48.5 Å². The van der Waals surface area contributed by atoms with Crippen LogP contribution in [-0.4, -0.2) is 12.2 Å². The van der Waals surface area contributed by atoms with Gasteiger partial charge in [-0.2, -0.15) is 0 Å². The summed E-state index contributed by atoms with van der Waals surface area (Å²) in [5.41, 5.74) is 0. The van der Waals surface area contributed by atoms with E-state index in [1.54, 1.807) is 0 Å². The van der Waals surface area contributed by atoms with E-state index in [1.165, 1.54) is 0 Å². The zero-order chi connectivity index (χ0) is 15.2. The average Bonchev–Trinajstić information content (AvgIpc) is 2.42. The Kier molecular flexibility index (Phi) is 5.09. The summed E-state index contributed by atoms with van der Waals surface area (Å²) < 4.78 is 17.2. The molecule has 0 unspecified atom stereocenters. The first kappa shape index (κ1) is 15.2. The topological polar surface area (TPSA) is 27.7 Å². The molecule has 0 saturated carbocycles. The summed E-state index contributed by atoms with van der Waals surface area (Å²) in [7, 11) is 0. The lowest BCUT2D eigenvalue weighted by Gasteiger charge is -2.15. The first-order chi connectivity index (χ1) is 10.0. The van der Waals surface area contributed by atoms with Crippen LogP contribution in [0.3, 0.4) is 0 Å². The van der Waals surface area contributed by atoms with Crippen LogP contribution in [0.5, 0.6) is 23.0 Å². The smallest absolute Gasteiger partial charge is 0.169 e. The van der Waals surface area contributed by atoms with Crippen LogP contribution in [0.4, 0.5) is 0 Å². The normalized spacial score (nSPS) is 10.8. The molecule has 0 saturated heterocycles. The Hall–Kier alpha value is -2.16. The molecule has 0 fully saturated rings. The molecule has 0 bridgehead atoms. The molecule has 0 amide bonds. The highest BCUT2D eigenvalue weighted by Gasteiger charge is 2.07. The molecular weight excluding hydrogens is 264 g/mol. The van der Waals surface area contributed by atoms with Crippen molar-refractivity contribution in [1.82, 2.24) is 0 Å². The van der Waals surface area contributed by atoms with Crippen LogP contribution in [0, 0.1) is 0 Å². The molecule has 21 heavy (non-hydrogen) atoms. The molecule has 0 radical (unpaired) electrons. The molecule has 3 heteroatoms. The minimum Gasteiger partial charge on any atom is -0.491 e. The Morgan fingerprint density at radius 3 is 1.71 bits per heavy atom. The SMILES string of the molecule is CC(C)Oc1ccc(Oc2ccccc2OC(C)C)cc1. The zero-order valence-corrected chi connectivity index (χ0v) is 13.0. The summed E-state index contributed by atoms with van der Waals surface area (Å²) in [5, 5.41) is 0. The molecule has 0 aliphatic heterocycles. The van der Waals surface area contributed by atoms with Crippen LogP contribution >= 0.6 is 0 Å². The molecule has 2 rings (SSSR count). The highest BCUT2D eigenvalue weighted by atomic mass is 16.5. The number of ether oxygens (including phenoxy) is 3. The summed E-state index contributed by atoms with van der Waals surface area (Å²) in [5.74, 6) is 3.05. The molecule has 0 heterocycles. The van der Waals surface area contributed by atoms with Gasteiger partial charge in [0.2, 0.25) is 0 Å². The van der Waals surface area contributed by atoms with E-state index < -0.39 is 0 Å². The molecule has 3 nitrogen and oxygen atoms in total. The largest absolute Gasteiger partial charge is 0.491 e. The van der Waals surface area contributed by atoms with Gasteiger partial charge in [-0.15, -0.1) is 0 Å². The van der Waals surface area contributed by atoms with Crippen LogP contribution in [0.25, 0.3) is 0 Å². The maximum atomic E-state index is 5.89. The van der Waals surface area contributed by atoms with E-state index >= 15 is 0 Å². The number of rotatable bonds is 6. The molecule has 0 aliphatic carbocycles. The molecule has 0 aromatic heterocycles. The van der Waals surface area contributed by atoms with Gasteiger partial charge in [-0.1, -0.05) is 12.1 Å². The summed E-state index contributed by atoms with van der Waals surface area (Å²) in [6, 6.07) is 15.3. The number of benzene rings is 2. The fourth-order valence-corrected chi connectivity index (χ4v) is 1.87. The first-order valence-corrected chi connectivity index (χ1v) is 7.25. The predicted octanol–water partition coefficient (Wildman–Crippen LogP) is 5.05. The number of hydrogen-bond acceptors (Lipinski definition) is 3. The van der Waals surface area contributed by atoms with Crippen molar-refractivity contribution in [2.45, 2.75) is 39.9 Å². The van der Waals surface area contributed by atoms with Gasteiger partial charge in [-0.3, -0.25) is 0 Å². The van der Waals surface area contributed by atoms with Crippen LogP contribution in [0.1, 0.15) is 27.7 Å². The summed E-state index contributed by atoms with van der Waals surface area (Å²) in [6.07, 6.45) is 0.272. The van der Waals surface area contributed by atoms with Gasteiger partial charge in [-0.05, 0) is 64.1 Å². The third-order valence-electron chi connectivity index (χ3n) is 2.64. The molecule has 0 aliphatic rings. The highest BCUT2D eigenvalue weighted by molar-refractivity contribution is 5.43. The van der Waals surface area contributed by atoms with Crippen molar-refractivity contribution in [2.75, 3.05) is 0 Å². The predicted molar refractivity (Wildman–Crippen MR) is 84.5 cm³/mol. The van der Waals surface area contributed by atoms with E-state index in [9.17, 15) is 0 Å². The molecule has 0 spiro atoms. The molecule has 2 aromatic rings.